The van der Waals surface area contributed by atoms with E-state index in [1.54, 1.807) is 0 Å². The molecule has 1 aliphatic rings. The van der Waals surface area contributed by atoms with Crippen molar-refractivity contribution in [1.29, 1.82) is 0 Å². The van der Waals surface area contributed by atoms with Crippen molar-refractivity contribution in [3.8, 4) is 0 Å². The van der Waals surface area contributed by atoms with Gasteiger partial charge < -0.3 is 15.8 Å². The van der Waals surface area contributed by atoms with Gasteiger partial charge >= 0.3 is 0 Å². The molecule has 1 fully saturated rings. The highest BCUT2D eigenvalue weighted by Gasteiger charge is 2.21. The van der Waals surface area contributed by atoms with Gasteiger partial charge in [-0.25, -0.2) is 0 Å². The molecule has 2 unspecified atom stereocenters. The molecule has 0 radical (unpaired) electrons. The van der Waals surface area contributed by atoms with Gasteiger partial charge in [0.05, 0.1) is 0 Å². The molecule has 1 heterocycles. The number of ether oxygens (including phenoxy) is 1. The minimum Gasteiger partial charge on any atom is -0.381 e. The molecule has 0 amide bonds. The molecule has 3 heteroatoms. The Morgan fingerprint density at radius 1 is 1.25 bits per heavy atom. The van der Waals surface area contributed by atoms with Crippen LogP contribution in [0.2, 0.25) is 0 Å². The molecule has 0 saturated carbocycles. The standard InChI is InChI=1S/C13H28N2O/c1-10(2)13(8-14)9-15-11(3)12-4-6-16-7-5-12/h10-13,15H,4-9,14H2,1-3H3. The van der Waals surface area contributed by atoms with Crippen LogP contribution in [0.15, 0.2) is 0 Å². The van der Waals surface area contributed by atoms with Gasteiger partial charge in [-0.15, -0.1) is 0 Å². The third-order valence-electron chi connectivity index (χ3n) is 3.92. The quantitative estimate of drug-likeness (QED) is 0.726. The van der Waals surface area contributed by atoms with Gasteiger partial charge in [0.25, 0.3) is 0 Å². The van der Waals surface area contributed by atoms with Gasteiger partial charge in [0, 0.05) is 19.3 Å². The molecule has 16 heavy (non-hydrogen) atoms. The maximum atomic E-state index is 5.78. The predicted molar refractivity (Wildman–Crippen MR) is 68.4 cm³/mol. The van der Waals surface area contributed by atoms with Crippen molar-refractivity contribution in [3.05, 3.63) is 0 Å². The highest BCUT2D eigenvalue weighted by atomic mass is 16.5. The summed E-state index contributed by atoms with van der Waals surface area (Å²) in [4.78, 5) is 0. The summed E-state index contributed by atoms with van der Waals surface area (Å²) in [6.45, 7) is 10.5. The minimum absolute atomic E-state index is 0.594. The monoisotopic (exact) mass is 228 g/mol. The molecule has 0 bridgehead atoms. The largest absolute Gasteiger partial charge is 0.381 e. The molecule has 0 spiro atoms. The Kier molecular flexibility index (Phi) is 6.32. The molecule has 3 nitrogen and oxygen atoms in total. The van der Waals surface area contributed by atoms with Gasteiger partial charge in [-0.2, -0.15) is 0 Å². The van der Waals surface area contributed by atoms with E-state index in [0.717, 1.165) is 32.2 Å². The smallest absolute Gasteiger partial charge is 0.0469 e. The number of hydrogen-bond acceptors (Lipinski definition) is 3. The topological polar surface area (TPSA) is 47.3 Å². The summed E-state index contributed by atoms with van der Waals surface area (Å²) in [6, 6.07) is 0.594. The zero-order valence-electron chi connectivity index (χ0n) is 11.0. The second kappa shape index (κ2) is 7.25. The Morgan fingerprint density at radius 2 is 1.88 bits per heavy atom. The second-order valence-corrected chi connectivity index (χ2v) is 5.39. The fourth-order valence-electron chi connectivity index (χ4n) is 2.31. The van der Waals surface area contributed by atoms with Crippen molar-refractivity contribution in [2.45, 2.75) is 39.7 Å². The summed E-state index contributed by atoms with van der Waals surface area (Å²) >= 11 is 0. The van der Waals surface area contributed by atoms with Gasteiger partial charge in [-0.3, -0.25) is 0 Å². The Bertz CT molecular complexity index is 179. The van der Waals surface area contributed by atoms with E-state index in [2.05, 4.69) is 26.1 Å². The molecule has 3 N–H and O–H groups in total. The van der Waals surface area contributed by atoms with Crippen molar-refractivity contribution in [3.63, 3.8) is 0 Å². The van der Waals surface area contributed by atoms with Gasteiger partial charge in [-0.05, 0) is 50.6 Å². The maximum Gasteiger partial charge on any atom is 0.0469 e. The van der Waals surface area contributed by atoms with Crippen LogP contribution in [0.25, 0.3) is 0 Å². The van der Waals surface area contributed by atoms with Gasteiger partial charge in [0.1, 0.15) is 0 Å². The second-order valence-electron chi connectivity index (χ2n) is 5.39. The fraction of sp³-hybridized carbons (Fsp3) is 1.00. The zero-order chi connectivity index (χ0) is 12.0. The van der Waals surface area contributed by atoms with Crippen molar-refractivity contribution in [2.24, 2.45) is 23.5 Å². The molecule has 1 aliphatic heterocycles. The Morgan fingerprint density at radius 3 is 2.38 bits per heavy atom. The van der Waals surface area contributed by atoms with Gasteiger partial charge in [-0.1, -0.05) is 13.8 Å². The molecule has 1 saturated heterocycles. The average Bonchev–Trinajstić information content (AvgIpc) is 2.30. The molecular formula is C13H28N2O. The number of hydrogen-bond donors (Lipinski definition) is 2. The number of rotatable bonds is 6. The average molecular weight is 228 g/mol. The molecule has 0 aromatic heterocycles. The van der Waals surface area contributed by atoms with Crippen LogP contribution in [0.4, 0.5) is 0 Å². The zero-order valence-corrected chi connectivity index (χ0v) is 11.0. The molecule has 96 valence electrons. The highest BCUT2D eigenvalue weighted by molar-refractivity contribution is 4.77. The Labute approximate surface area is 100 Å². The molecule has 2 atom stereocenters. The van der Waals surface area contributed by atoms with Crippen LogP contribution in [0.1, 0.15) is 33.6 Å². The Hall–Kier alpha value is -0.120. The summed E-state index contributed by atoms with van der Waals surface area (Å²) in [5, 5.41) is 3.65. The van der Waals surface area contributed by atoms with E-state index in [9.17, 15) is 0 Å². The van der Waals surface area contributed by atoms with E-state index in [4.69, 9.17) is 10.5 Å². The molecule has 1 rings (SSSR count). The summed E-state index contributed by atoms with van der Waals surface area (Å²) in [6.07, 6.45) is 2.40. The maximum absolute atomic E-state index is 5.78. The lowest BCUT2D eigenvalue weighted by atomic mass is 9.91. The van der Waals surface area contributed by atoms with E-state index in [0.29, 0.717) is 17.9 Å². The fourth-order valence-corrected chi connectivity index (χ4v) is 2.31. The van der Waals surface area contributed by atoms with Crippen LogP contribution >= 0.6 is 0 Å². The van der Waals surface area contributed by atoms with E-state index in [-0.39, 0.29) is 0 Å². The van der Waals surface area contributed by atoms with Crippen molar-refractivity contribution in [1.82, 2.24) is 5.32 Å². The van der Waals surface area contributed by atoms with E-state index >= 15 is 0 Å². The first-order chi connectivity index (χ1) is 7.65. The first kappa shape index (κ1) is 13.9. The molecular weight excluding hydrogens is 200 g/mol. The van der Waals surface area contributed by atoms with Gasteiger partial charge in [0.15, 0.2) is 0 Å². The third kappa shape index (κ3) is 4.40. The van der Waals surface area contributed by atoms with Crippen molar-refractivity contribution >= 4 is 0 Å². The van der Waals surface area contributed by atoms with Crippen molar-refractivity contribution in [2.75, 3.05) is 26.3 Å². The highest BCUT2D eigenvalue weighted by Crippen LogP contribution is 2.19. The summed E-state index contributed by atoms with van der Waals surface area (Å²) in [5.41, 5.74) is 5.78. The summed E-state index contributed by atoms with van der Waals surface area (Å²) in [5.74, 6) is 2.04. The van der Waals surface area contributed by atoms with Crippen LogP contribution < -0.4 is 11.1 Å². The first-order valence-corrected chi connectivity index (χ1v) is 6.66. The first-order valence-electron chi connectivity index (χ1n) is 6.66. The van der Waals surface area contributed by atoms with Crippen LogP contribution in [-0.2, 0) is 4.74 Å². The SMILES string of the molecule is CC(C)C(CN)CNC(C)C1CCOCC1. The summed E-state index contributed by atoms with van der Waals surface area (Å²) < 4.78 is 5.39. The Balaban J connectivity index is 2.24. The summed E-state index contributed by atoms with van der Waals surface area (Å²) in [7, 11) is 0. The lowest BCUT2D eigenvalue weighted by Gasteiger charge is -2.30. The third-order valence-corrected chi connectivity index (χ3v) is 3.92. The normalized spacial score (nSPS) is 22.3. The van der Waals surface area contributed by atoms with Crippen LogP contribution in [0.5, 0.6) is 0 Å². The van der Waals surface area contributed by atoms with Crippen LogP contribution in [0, 0.1) is 17.8 Å². The number of nitrogens with two attached hydrogens (primary N) is 1. The van der Waals surface area contributed by atoms with E-state index in [1.165, 1.54) is 12.8 Å². The number of nitrogens with one attached hydrogen (secondary N) is 1. The minimum atomic E-state index is 0.594. The molecule has 0 aromatic carbocycles. The van der Waals surface area contributed by atoms with Gasteiger partial charge in [0.2, 0.25) is 0 Å². The van der Waals surface area contributed by atoms with Crippen LogP contribution in [0.3, 0.4) is 0 Å². The van der Waals surface area contributed by atoms with Crippen LogP contribution in [-0.4, -0.2) is 32.3 Å². The molecule has 0 aromatic rings. The predicted octanol–water partition coefficient (Wildman–Crippen LogP) is 1.62. The van der Waals surface area contributed by atoms with E-state index < -0.39 is 0 Å². The lowest BCUT2D eigenvalue weighted by Crippen LogP contribution is -2.41. The van der Waals surface area contributed by atoms with Crippen molar-refractivity contribution < 1.29 is 4.74 Å². The lowest BCUT2D eigenvalue weighted by molar-refractivity contribution is 0.0552. The van der Waals surface area contributed by atoms with E-state index in [1.807, 2.05) is 0 Å². The molecule has 0 aliphatic carbocycles.